The summed E-state index contributed by atoms with van der Waals surface area (Å²) in [7, 11) is 0. The number of hydrogen-bond donors (Lipinski definition) is 1. The molecule has 0 spiro atoms. The first kappa shape index (κ1) is 19.8. The van der Waals surface area contributed by atoms with Crippen molar-refractivity contribution in [2.24, 2.45) is 0 Å². The lowest BCUT2D eigenvalue weighted by molar-refractivity contribution is -0.121. The van der Waals surface area contributed by atoms with Gasteiger partial charge in [0.05, 0.1) is 13.2 Å². The highest BCUT2D eigenvalue weighted by atomic mass is 16.5. The van der Waals surface area contributed by atoms with Gasteiger partial charge in [-0.2, -0.15) is 5.10 Å². The molecule has 0 radical (unpaired) electrons. The van der Waals surface area contributed by atoms with Crippen LogP contribution < -0.4 is 5.32 Å². The molecular weight excluding hydrogens is 352 g/mol. The Hall–Kier alpha value is -2.99. The van der Waals surface area contributed by atoms with Gasteiger partial charge in [-0.05, 0) is 29.5 Å². The number of carbonyl (C=O) groups is 1. The van der Waals surface area contributed by atoms with Crippen molar-refractivity contribution in [2.45, 2.75) is 32.4 Å². The summed E-state index contributed by atoms with van der Waals surface area (Å²) in [4.78, 5) is 16.1. The first-order chi connectivity index (χ1) is 13.8. The molecule has 0 aliphatic carbocycles. The molecule has 0 bridgehead atoms. The van der Waals surface area contributed by atoms with Crippen LogP contribution in [0.4, 0.5) is 0 Å². The van der Waals surface area contributed by atoms with Crippen LogP contribution in [0.5, 0.6) is 0 Å². The molecule has 0 saturated heterocycles. The second-order valence-corrected chi connectivity index (χ2v) is 6.59. The van der Waals surface area contributed by atoms with Crippen LogP contribution in [0.2, 0.25) is 0 Å². The van der Waals surface area contributed by atoms with E-state index in [1.54, 1.807) is 11.0 Å². The summed E-state index contributed by atoms with van der Waals surface area (Å²) in [5.41, 5.74) is 3.48. The Kier molecular flexibility index (Phi) is 7.76. The van der Waals surface area contributed by atoms with Crippen LogP contribution in [0.1, 0.15) is 29.5 Å². The second kappa shape index (κ2) is 11.0. The summed E-state index contributed by atoms with van der Waals surface area (Å²) in [5, 5.41) is 7.13. The van der Waals surface area contributed by atoms with Crippen molar-refractivity contribution in [2.75, 3.05) is 13.2 Å². The molecule has 0 fully saturated rings. The van der Waals surface area contributed by atoms with Crippen LogP contribution in [0.3, 0.4) is 0 Å². The fourth-order valence-corrected chi connectivity index (χ4v) is 2.93. The maximum Gasteiger partial charge on any atom is 0.220 e. The Morgan fingerprint density at radius 3 is 2.57 bits per heavy atom. The molecule has 28 heavy (non-hydrogen) atoms. The second-order valence-electron chi connectivity index (χ2n) is 6.59. The van der Waals surface area contributed by atoms with E-state index in [0.717, 1.165) is 24.0 Å². The van der Waals surface area contributed by atoms with E-state index in [4.69, 9.17) is 4.74 Å². The molecule has 0 atom stereocenters. The maximum absolute atomic E-state index is 12.1. The molecule has 146 valence electrons. The molecule has 1 aromatic heterocycles. The summed E-state index contributed by atoms with van der Waals surface area (Å²) in [6.07, 6.45) is 5.30. The number of benzene rings is 2. The van der Waals surface area contributed by atoms with Gasteiger partial charge in [-0.1, -0.05) is 54.6 Å². The van der Waals surface area contributed by atoms with Crippen molar-refractivity contribution in [3.8, 4) is 0 Å². The largest absolute Gasteiger partial charge is 0.381 e. The van der Waals surface area contributed by atoms with Gasteiger partial charge in [0.25, 0.3) is 0 Å². The Morgan fingerprint density at radius 1 is 1.00 bits per heavy atom. The molecule has 0 aliphatic heterocycles. The molecule has 2 aromatic carbocycles. The van der Waals surface area contributed by atoms with E-state index in [2.05, 4.69) is 27.5 Å². The van der Waals surface area contributed by atoms with Crippen LogP contribution >= 0.6 is 0 Å². The van der Waals surface area contributed by atoms with Gasteiger partial charge in [-0.25, -0.2) is 9.67 Å². The van der Waals surface area contributed by atoms with Gasteiger partial charge in [0.15, 0.2) is 0 Å². The van der Waals surface area contributed by atoms with Gasteiger partial charge >= 0.3 is 0 Å². The minimum atomic E-state index is 0.0437. The predicted octanol–water partition coefficient (Wildman–Crippen LogP) is 2.98. The van der Waals surface area contributed by atoms with Crippen molar-refractivity contribution >= 4 is 5.91 Å². The van der Waals surface area contributed by atoms with Gasteiger partial charge in [-0.3, -0.25) is 4.79 Å². The molecule has 3 rings (SSSR count). The number of ether oxygens (including phenoxy) is 1. The quantitative estimate of drug-likeness (QED) is 0.521. The van der Waals surface area contributed by atoms with Crippen LogP contribution in [-0.2, 0) is 29.0 Å². The molecule has 1 heterocycles. The molecule has 0 unspecified atom stereocenters. The zero-order valence-electron chi connectivity index (χ0n) is 16.0. The summed E-state index contributed by atoms with van der Waals surface area (Å²) in [6, 6.07) is 18.3. The monoisotopic (exact) mass is 378 g/mol. The number of rotatable bonds is 11. The predicted molar refractivity (Wildman–Crippen MR) is 108 cm³/mol. The third kappa shape index (κ3) is 6.63. The van der Waals surface area contributed by atoms with Crippen molar-refractivity contribution in [3.05, 3.63) is 83.9 Å². The summed E-state index contributed by atoms with van der Waals surface area (Å²) in [6.45, 7) is 2.43. The van der Waals surface area contributed by atoms with E-state index in [1.807, 2.05) is 42.5 Å². The van der Waals surface area contributed by atoms with Gasteiger partial charge in [0.1, 0.15) is 12.7 Å². The minimum Gasteiger partial charge on any atom is -0.381 e. The van der Waals surface area contributed by atoms with Crippen molar-refractivity contribution < 1.29 is 9.53 Å². The van der Waals surface area contributed by atoms with Gasteiger partial charge < -0.3 is 10.1 Å². The lowest BCUT2D eigenvalue weighted by atomic mass is 10.1. The molecule has 6 nitrogen and oxygen atoms in total. The maximum atomic E-state index is 12.1. The fraction of sp³-hybridized carbons (Fsp3) is 0.318. The normalized spacial score (nSPS) is 10.7. The molecule has 3 aromatic rings. The number of nitrogens with zero attached hydrogens (tertiary/aromatic N) is 3. The highest BCUT2D eigenvalue weighted by Gasteiger charge is 2.06. The standard InChI is InChI=1S/C22H26N4O2/c27-22(11-6-13-28-14-12-19-7-2-1-3-8-19)24-15-20-9-4-5-10-21(20)16-26-18-23-17-25-26/h1-5,7-10,17-18H,6,11-16H2,(H,24,27). The molecule has 0 saturated carbocycles. The fourth-order valence-electron chi connectivity index (χ4n) is 2.93. The first-order valence-electron chi connectivity index (χ1n) is 9.59. The average Bonchev–Trinajstić information content (AvgIpc) is 3.24. The molecule has 1 amide bonds. The highest BCUT2D eigenvalue weighted by molar-refractivity contribution is 5.75. The van der Waals surface area contributed by atoms with Gasteiger partial charge in [0, 0.05) is 19.6 Å². The summed E-state index contributed by atoms with van der Waals surface area (Å²) < 4.78 is 7.40. The van der Waals surface area contributed by atoms with E-state index in [-0.39, 0.29) is 5.91 Å². The zero-order valence-corrected chi connectivity index (χ0v) is 16.0. The van der Waals surface area contributed by atoms with Gasteiger partial charge in [-0.15, -0.1) is 0 Å². The third-order valence-corrected chi connectivity index (χ3v) is 4.46. The third-order valence-electron chi connectivity index (χ3n) is 4.46. The molecule has 1 N–H and O–H groups in total. The van der Waals surface area contributed by atoms with Crippen LogP contribution in [0, 0.1) is 0 Å². The number of aromatic nitrogens is 3. The van der Waals surface area contributed by atoms with Crippen molar-refractivity contribution in [1.82, 2.24) is 20.1 Å². The average molecular weight is 378 g/mol. The first-order valence-corrected chi connectivity index (χ1v) is 9.59. The molecule has 6 heteroatoms. The SMILES string of the molecule is O=C(CCCOCCc1ccccc1)NCc1ccccc1Cn1cncn1. The van der Waals surface area contributed by atoms with Crippen molar-refractivity contribution in [1.29, 1.82) is 0 Å². The Labute approximate surface area is 165 Å². The Balaban J connectivity index is 1.32. The topological polar surface area (TPSA) is 69.0 Å². The lowest BCUT2D eigenvalue weighted by Gasteiger charge is -2.11. The Morgan fingerprint density at radius 2 is 1.79 bits per heavy atom. The van der Waals surface area contributed by atoms with Crippen LogP contribution in [-0.4, -0.2) is 33.9 Å². The number of carbonyl (C=O) groups excluding carboxylic acids is 1. The van der Waals surface area contributed by atoms with Crippen LogP contribution in [0.15, 0.2) is 67.3 Å². The molecular formula is C22H26N4O2. The van der Waals surface area contributed by atoms with E-state index in [1.165, 1.54) is 11.9 Å². The van der Waals surface area contributed by atoms with E-state index >= 15 is 0 Å². The van der Waals surface area contributed by atoms with Crippen molar-refractivity contribution in [3.63, 3.8) is 0 Å². The smallest absolute Gasteiger partial charge is 0.220 e. The Bertz CT molecular complexity index is 835. The van der Waals surface area contributed by atoms with E-state index in [9.17, 15) is 4.79 Å². The lowest BCUT2D eigenvalue weighted by Crippen LogP contribution is -2.23. The minimum absolute atomic E-state index is 0.0437. The van der Waals surface area contributed by atoms with Gasteiger partial charge in [0.2, 0.25) is 5.91 Å². The van der Waals surface area contributed by atoms with E-state index in [0.29, 0.717) is 32.7 Å². The summed E-state index contributed by atoms with van der Waals surface area (Å²) >= 11 is 0. The number of nitrogens with one attached hydrogen (secondary N) is 1. The summed E-state index contributed by atoms with van der Waals surface area (Å²) in [5.74, 6) is 0.0437. The van der Waals surface area contributed by atoms with Crippen LogP contribution in [0.25, 0.3) is 0 Å². The zero-order chi connectivity index (χ0) is 19.4. The highest BCUT2D eigenvalue weighted by Crippen LogP contribution is 2.10. The number of hydrogen-bond acceptors (Lipinski definition) is 4. The van der Waals surface area contributed by atoms with E-state index < -0.39 is 0 Å². The molecule has 0 aliphatic rings. The number of amides is 1.